The van der Waals surface area contributed by atoms with Gasteiger partial charge in [-0.2, -0.15) is 18.4 Å². The monoisotopic (exact) mass is 358 g/mol. The van der Waals surface area contributed by atoms with E-state index in [-0.39, 0.29) is 4.90 Å². The van der Waals surface area contributed by atoms with E-state index >= 15 is 0 Å². The van der Waals surface area contributed by atoms with Crippen molar-refractivity contribution in [1.29, 1.82) is 0 Å². The van der Waals surface area contributed by atoms with Gasteiger partial charge >= 0.3 is 0 Å². The standard InChI is InChI=1S/C19H22N2O3S/c1-14(2)13-19(16-7-9-17(24-4)10-8-16)20-21-25(22,23)18-11-5-15(3)6-12-18/h5-12,21H,1,13H2,2-4H3/b20-19+. The number of hydrazone groups is 1. The topological polar surface area (TPSA) is 67.8 Å². The van der Waals surface area contributed by atoms with E-state index < -0.39 is 10.0 Å². The van der Waals surface area contributed by atoms with Crippen LogP contribution in [0.5, 0.6) is 5.75 Å². The maximum Gasteiger partial charge on any atom is 0.276 e. The molecular weight excluding hydrogens is 336 g/mol. The van der Waals surface area contributed by atoms with Gasteiger partial charge in [-0.05, 0) is 55.8 Å². The Bertz CT molecular complexity index is 868. The summed E-state index contributed by atoms with van der Waals surface area (Å²) in [6.45, 7) is 7.65. The average Bonchev–Trinajstić information content (AvgIpc) is 2.59. The average molecular weight is 358 g/mol. The van der Waals surface area contributed by atoms with Crippen LogP contribution < -0.4 is 9.57 Å². The van der Waals surface area contributed by atoms with E-state index in [0.29, 0.717) is 12.1 Å². The Hall–Kier alpha value is -2.60. The Balaban J connectivity index is 2.30. The molecule has 0 heterocycles. The van der Waals surface area contributed by atoms with Crippen LogP contribution in [0.15, 0.2) is 70.7 Å². The molecule has 25 heavy (non-hydrogen) atoms. The molecule has 0 aliphatic heterocycles. The van der Waals surface area contributed by atoms with Gasteiger partial charge in [-0.25, -0.2) is 0 Å². The molecule has 0 radical (unpaired) electrons. The number of sulfonamides is 1. The van der Waals surface area contributed by atoms with E-state index in [4.69, 9.17) is 4.74 Å². The number of hydrogen-bond acceptors (Lipinski definition) is 4. The minimum Gasteiger partial charge on any atom is -0.497 e. The highest BCUT2D eigenvalue weighted by atomic mass is 32.2. The van der Waals surface area contributed by atoms with E-state index in [0.717, 1.165) is 22.4 Å². The SMILES string of the molecule is C=C(C)C/C(=N\NS(=O)(=O)c1ccc(C)cc1)c1ccc(OC)cc1. The molecule has 0 amide bonds. The predicted octanol–water partition coefficient (Wildman–Crippen LogP) is 3.65. The molecule has 2 aromatic rings. The molecule has 2 aromatic carbocycles. The summed E-state index contributed by atoms with van der Waals surface area (Å²) in [5.74, 6) is 0.721. The van der Waals surface area contributed by atoms with Crippen LogP contribution >= 0.6 is 0 Å². The molecule has 0 spiro atoms. The summed E-state index contributed by atoms with van der Waals surface area (Å²) in [6.07, 6.45) is 0.461. The van der Waals surface area contributed by atoms with Crippen molar-refractivity contribution in [2.75, 3.05) is 7.11 Å². The molecule has 2 rings (SSSR count). The number of hydrogen-bond donors (Lipinski definition) is 1. The lowest BCUT2D eigenvalue weighted by Gasteiger charge is -2.10. The quantitative estimate of drug-likeness (QED) is 0.467. The van der Waals surface area contributed by atoms with Gasteiger partial charge in [0.1, 0.15) is 5.75 Å². The fourth-order valence-corrected chi connectivity index (χ4v) is 2.99. The third-order valence-corrected chi connectivity index (χ3v) is 4.75. The molecule has 0 fully saturated rings. The van der Waals surface area contributed by atoms with Gasteiger partial charge in [0.05, 0.1) is 17.7 Å². The Morgan fingerprint density at radius 2 is 1.72 bits per heavy atom. The van der Waals surface area contributed by atoms with Crippen LogP contribution in [0.25, 0.3) is 0 Å². The summed E-state index contributed by atoms with van der Waals surface area (Å²) < 4.78 is 30.0. The minimum atomic E-state index is -3.72. The third kappa shape index (κ3) is 5.19. The van der Waals surface area contributed by atoms with Crippen LogP contribution in [-0.2, 0) is 10.0 Å². The highest BCUT2D eigenvalue weighted by Crippen LogP contribution is 2.16. The summed E-state index contributed by atoms with van der Waals surface area (Å²) in [4.78, 5) is 2.49. The second kappa shape index (κ2) is 7.98. The van der Waals surface area contributed by atoms with E-state index in [1.165, 1.54) is 0 Å². The molecule has 0 unspecified atom stereocenters. The van der Waals surface area contributed by atoms with Crippen LogP contribution in [0.1, 0.15) is 24.5 Å². The van der Waals surface area contributed by atoms with Gasteiger partial charge in [0.2, 0.25) is 0 Å². The van der Waals surface area contributed by atoms with Crippen molar-refractivity contribution in [2.24, 2.45) is 5.10 Å². The first kappa shape index (κ1) is 18.7. The molecule has 132 valence electrons. The van der Waals surface area contributed by atoms with Crippen LogP contribution in [0.4, 0.5) is 0 Å². The van der Waals surface area contributed by atoms with Crippen molar-refractivity contribution in [3.63, 3.8) is 0 Å². The second-order valence-corrected chi connectivity index (χ2v) is 7.49. The zero-order valence-corrected chi connectivity index (χ0v) is 15.4. The van der Waals surface area contributed by atoms with Crippen LogP contribution in [0, 0.1) is 6.92 Å². The molecule has 1 N–H and O–H groups in total. The van der Waals surface area contributed by atoms with Crippen LogP contribution in [-0.4, -0.2) is 21.2 Å². The number of nitrogens with zero attached hydrogens (tertiary/aromatic N) is 1. The fraction of sp³-hybridized carbons (Fsp3) is 0.211. The largest absolute Gasteiger partial charge is 0.497 e. The van der Waals surface area contributed by atoms with Crippen molar-refractivity contribution in [3.05, 3.63) is 71.8 Å². The molecule has 0 bridgehead atoms. The predicted molar refractivity (Wildman–Crippen MR) is 100 cm³/mol. The smallest absolute Gasteiger partial charge is 0.276 e. The number of ether oxygens (including phenoxy) is 1. The first-order valence-electron chi connectivity index (χ1n) is 7.75. The van der Waals surface area contributed by atoms with Gasteiger partial charge in [0.25, 0.3) is 10.0 Å². The second-order valence-electron chi connectivity index (χ2n) is 5.83. The van der Waals surface area contributed by atoms with E-state index in [1.54, 1.807) is 43.5 Å². The molecule has 0 aromatic heterocycles. The number of benzene rings is 2. The molecule has 5 nitrogen and oxygen atoms in total. The molecule has 0 atom stereocenters. The van der Waals surface area contributed by atoms with Gasteiger partial charge in [0, 0.05) is 6.42 Å². The summed E-state index contributed by atoms with van der Waals surface area (Å²) in [6, 6.07) is 13.9. The molecule has 0 saturated carbocycles. The summed E-state index contributed by atoms with van der Waals surface area (Å²) in [7, 11) is -2.13. The number of methoxy groups -OCH3 is 1. The lowest BCUT2D eigenvalue weighted by atomic mass is 10.0. The number of rotatable bonds is 7. The van der Waals surface area contributed by atoms with E-state index in [9.17, 15) is 8.42 Å². The first-order chi connectivity index (χ1) is 11.8. The lowest BCUT2D eigenvalue weighted by Crippen LogP contribution is -2.20. The summed E-state index contributed by atoms with van der Waals surface area (Å²) in [5, 5.41) is 4.14. The van der Waals surface area contributed by atoms with Crippen LogP contribution in [0.3, 0.4) is 0 Å². The maximum absolute atomic E-state index is 12.4. The number of allylic oxidation sites excluding steroid dienone is 1. The van der Waals surface area contributed by atoms with Crippen molar-refractivity contribution in [1.82, 2.24) is 4.83 Å². The summed E-state index contributed by atoms with van der Waals surface area (Å²) in [5.41, 5.74) is 3.26. The van der Waals surface area contributed by atoms with E-state index in [1.807, 2.05) is 26.0 Å². The molecule has 0 aliphatic rings. The zero-order chi connectivity index (χ0) is 18.4. The minimum absolute atomic E-state index is 0.172. The van der Waals surface area contributed by atoms with Crippen molar-refractivity contribution >= 4 is 15.7 Å². The highest BCUT2D eigenvalue weighted by Gasteiger charge is 2.14. The lowest BCUT2D eigenvalue weighted by molar-refractivity contribution is 0.415. The van der Waals surface area contributed by atoms with Crippen molar-refractivity contribution in [3.8, 4) is 5.75 Å². The Morgan fingerprint density at radius 3 is 2.24 bits per heavy atom. The Labute approximate surface area is 149 Å². The molecule has 6 heteroatoms. The maximum atomic E-state index is 12.4. The number of aryl methyl sites for hydroxylation is 1. The van der Waals surface area contributed by atoms with Gasteiger partial charge in [-0.1, -0.05) is 29.8 Å². The van der Waals surface area contributed by atoms with Crippen molar-refractivity contribution in [2.45, 2.75) is 25.2 Å². The molecule has 0 saturated heterocycles. The fourth-order valence-electron chi connectivity index (χ4n) is 2.16. The molecular formula is C19H22N2O3S. The van der Waals surface area contributed by atoms with Gasteiger partial charge in [0.15, 0.2) is 0 Å². The third-order valence-electron chi connectivity index (χ3n) is 3.52. The van der Waals surface area contributed by atoms with Gasteiger partial charge < -0.3 is 4.74 Å². The van der Waals surface area contributed by atoms with Crippen LogP contribution in [0.2, 0.25) is 0 Å². The van der Waals surface area contributed by atoms with Crippen molar-refractivity contribution < 1.29 is 13.2 Å². The Morgan fingerprint density at radius 1 is 1.12 bits per heavy atom. The summed E-state index contributed by atoms with van der Waals surface area (Å²) >= 11 is 0. The highest BCUT2D eigenvalue weighted by molar-refractivity contribution is 7.89. The zero-order valence-electron chi connectivity index (χ0n) is 14.6. The number of nitrogens with one attached hydrogen (secondary N) is 1. The van der Waals surface area contributed by atoms with Gasteiger partial charge in [-0.15, -0.1) is 0 Å². The first-order valence-corrected chi connectivity index (χ1v) is 9.24. The Kier molecular flexibility index (Phi) is 5.98. The molecule has 0 aliphatic carbocycles. The normalized spacial score (nSPS) is 11.9. The van der Waals surface area contributed by atoms with E-state index in [2.05, 4.69) is 16.5 Å². The van der Waals surface area contributed by atoms with Gasteiger partial charge in [-0.3, -0.25) is 0 Å².